The number of carbonyl (C=O) groups is 1. The topological polar surface area (TPSA) is 87.0 Å². The van der Waals surface area contributed by atoms with Gasteiger partial charge in [0.15, 0.2) is 10.7 Å². The monoisotopic (exact) mass is 508 g/mol. The van der Waals surface area contributed by atoms with Gasteiger partial charge in [-0.05, 0) is 50.6 Å². The van der Waals surface area contributed by atoms with Gasteiger partial charge < -0.3 is 14.3 Å². The first-order valence-corrected chi connectivity index (χ1v) is 13.3. The van der Waals surface area contributed by atoms with E-state index in [9.17, 15) is 22.0 Å². The number of nitrogens with zero attached hydrogens (tertiary/aromatic N) is 4. The zero-order chi connectivity index (χ0) is 25.2. The van der Waals surface area contributed by atoms with E-state index in [2.05, 4.69) is 17.0 Å². The lowest BCUT2D eigenvalue weighted by Gasteiger charge is -2.38. The van der Waals surface area contributed by atoms with Crippen molar-refractivity contribution in [1.29, 1.82) is 0 Å². The number of carbonyl (C=O) groups excluding carboxylic acids is 1. The van der Waals surface area contributed by atoms with Gasteiger partial charge in [-0.1, -0.05) is 12.1 Å². The standard InChI is InChI=1S/C24H30F2N4O4S/c1-3-28-12-14-29(15-13-28)24(31)19-8-10-30(11-9-19)35(32,33)23-17(2)27-34-22(23)7-5-18-4-6-20(25)16-21(18)26/h4-7,16,19H,3,8-15H2,1-2H3/b7-5+. The average Bonchev–Trinajstić information content (AvgIpc) is 3.24. The fourth-order valence-electron chi connectivity index (χ4n) is 4.62. The number of piperidine rings is 1. The maximum atomic E-state index is 14.0. The van der Waals surface area contributed by atoms with Crippen molar-refractivity contribution in [3.05, 3.63) is 46.9 Å². The molecule has 0 spiro atoms. The van der Waals surface area contributed by atoms with Gasteiger partial charge in [-0.15, -0.1) is 0 Å². The molecule has 2 saturated heterocycles. The SMILES string of the molecule is CCN1CCN(C(=O)C2CCN(S(=O)(=O)c3c(C)noc3/C=C/c3ccc(F)cc3F)CC2)CC1. The number of aryl methyl sites for hydroxylation is 1. The Morgan fingerprint density at radius 3 is 2.43 bits per heavy atom. The smallest absolute Gasteiger partial charge is 0.248 e. The molecular weight excluding hydrogens is 478 g/mol. The highest BCUT2D eigenvalue weighted by Crippen LogP contribution is 2.30. The number of hydrogen-bond acceptors (Lipinski definition) is 6. The van der Waals surface area contributed by atoms with E-state index in [-0.39, 0.29) is 46.8 Å². The Hall–Kier alpha value is -2.63. The normalized spacial score (nSPS) is 19.0. The zero-order valence-electron chi connectivity index (χ0n) is 19.9. The minimum atomic E-state index is -3.95. The third-order valence-corrected chi connectivity index (χ3v) is 8.80. The molecule has 4 rings (SSSR count). The first-order chi connectivity index (χ1) is 16.7. The van der Waals surface area contributed by atoms with Crippen molar-refractivity contribution in [2.45, 2.75) is 31.6 Å². The number of rotatable bonds is 6. The first-order valence-electron chi connectivity index (χ1n) is 11.8. The zero-order valence-corrected chi connectivity index (χ0v) is 20.7. The molecule has 0 radical (unpaired) electrons. The van der Waals surface area contributed by atoms with Crippen LogP contribution < -0.4 is 0 Å². The molecule has 1 amide bonds. The molecule has 1 aromatic carbocycles. The van der Waals surface area contributed by atoms with Crippen molar-refractivity contribution >= 4 is 28.1 Å². The molecule has 190 valence electrons. The Labute approximate surface area is 204 Å². The van der Waals surface area contributed by atoms with Gasteiger partial charge in [0.1, 0.15) is 17.3 Å². The maximum Gasteiger partial charge on any atom is 0.248 e. The predicted octanol–water partition coefficient (Wildman–Crippen LogP) is 3.00. The van der Waals surface area contributed by atoms with Gasteiger partial charge in [0, 0.05) is 56.8 Å². The lowest BCUT2D eigenvalue weighted by Crippen LogP contribution is -2.51. The molecule has 0 atom stereocenters. The molecule has 3 heterocycles. The van der Waals surface area contributed by atoms with E-state index in [1.165, 1.54) is 29.4 Å². The molecule has 0 saturated carbocycles. The van der Waals surface area contributed by atoms with Crippen LogP contribution in [0.2, 0.25) is 0 Å². The molecule has 35 heavy (non-hydrogen) atoms. The predicted molar refractivity (Wildman–Crippen MR) is 127 cm³/mol. The molecule has 0 N–H and O–H groups in total. The summed E-state index contributed by atoms with van der Waals surface area (Å²) in [6.07, 6.45) is 3.52. The van der Waals surface area contributed by atoms with Crippen LogP contribution in [0.3, 0.4) is 0 Å². The van der Waals surface area contributed by atoms with Crippen molar-refractivity contribution in [2.24, 2.45) is 5.92 Å². The minimum Gasteiger partial charge on any atom is -0.355 e. The van der Waals surface area contributed by atoms with E-state index in [0.717, 1.165) is 31.8 Å². The largest absolute Gasteiger partial charge is 0.355 e. The summed E-state index contributed by atoms with van der Waals surface area (Å²) < 4.78 is 60.5. The lowest BCUT2D eigenvalue weighted by atomic mass is 9.96. The van der Waals surface area contributed by atoms with Crippen molar-refractivity contribution < 1.29 is 26.5 Å². The Morgan fingerprint density at radius 1 is 1.11 bits per heavy atom. The van der Waals surface area contributed by atoms with E-state index >= 15 is 0 Å². The van der Waals surface area contributed by atoms with Crippen LogP contribution in [0.5, 0.6) is 0 Å². The van der Waals surface area contributed by atoms with E-state index < -0.39 is 21.7 Å². The third kappa shape index (κ3) is 5.46. The number of hydrogen-bond donors (Lipinski definition) is 0. The summed E-state index contributed by atoms with van der Waals surface area (Å²) in [5, 5.41) is 3.79. The Balaban J connectivity index is 1.44. The van der Waals surface area contributed by atoms with Crippen LogP contribution in [0.4, 0.5) is 8.78 Å². The highest BCUT2D eigenvalue weighted by Gasteiger charge is 2.37. The number of amides is 1. The van der Waals surface area contributed by atoms with Gasteiger partial charge in [0.25, 0.3) is 0 Å². The van der Waals surface area contributed by atoms with Crippen molar-refractivity contribution in [2.75, 3.05) is 45.8 Å². The summed E-state index contributed by atoms with van der Waals surface area (Å²) in [5.74, 6) is -1.60. The van der Waals surface area contributed by atoms with Crippen molar-refractivity contribution in [3.63, 3.8) is 0 Å². The molecule has 2 aliphatic heterocycles. The Bertz CT molecular complexity index is 1200. The van der Waals surface area contributed by atoms with Crippen molar-refractivity contribution in [1.82, 2.24) is 19.3 Å². The van der Waals surface area contributed by atoms with Gasteiger partial charge >= 0.3 is 0 Å². The highest BCUT2D eigenvalue weighted by atomic mass is 32.2. The summed E-state index contributed by atoms with van der Waals surface area (Å²) in [7, 11) is -3.95. The van der Waals surface area contributed by atoms with Gasteiger partial charge in [0.05, 0.1) is 0 Å². The fourth-order valence-corrected chi connectivity index (χ4v) is 6.34. The second-order valence-corrected chi connectivity index (χ2v) is 10.8. The summed E-state index contributed by atoms with van der Waals surface area (Å²) in [4.78, 5) is 17.1. The minimum absolute atomic E-state index is 0.0294. The first kappa shape index (κ1) is 25.5. The molecule has 11 heteroatoms. The molecule has 0 unspecified atom stereocenters. The molecule has 2 aromatic rings. The van der Waals surface area contributed by atoms with Crippen LogP contribution in [0.1, 0.15) is 36.8 Å². The Morgan fingerprint density at radius 2 is 1.80 bits per heavy atom. The van der Waals surface area contributed by atoms with E-state index in [0.29, 0.717) is 25.9 Å². The Kier molecular flexibility index (Phi) is 7.67. The van der Waals surface area contributed by atoms with E-state index in [4.69, 9.17) is 4.52 Å². The number of halogens is 2. The maximum absolute atomic E-state index is 14.0. The third-order valence-electron chi connectivity index (χ3n) is 6.74. The molecule has 2 aliphatic rings. The van der Waals surface area contributed by atoms with Crippen LogP contribution in [-0.2, 0) is 14.8 Å². The molecule has 8 nitrogen and oxygen atoms in total. The summed E-state index contributed by atoms with van der Waals surface area (Å²) in [6.45, 7) is 8.16. The van der Waals surface area contributed by atoms with Gasteiger partial charge in [-0.3, -0.25) is 4.79 Å². The molecule has 2 fully saturated rings. The quantitative estimate of drug-likeness (QED) is 0.596. The van der Waals surface area contributed by atoms with E-state index in [1.54, 1.807) is 0 Å². The molecular formula is C24H30F2N4O4S. The van der Waals surface area contributed by atoms with E-state index in [1.807, 2.05) is 4.90 Å². The highest BCUT2D eigenvalue weighted by molar-refractivity contribution is 7.89. The lowest BCUT2D eigenvalue weighted by molar-refractivity contribution is -0.138. The summed E-state index contributed by atoms with van der Waals surface area (Å²) >= 11 is 0. The number of likely N-dealkylation sites (N-methyl/N-ethyl adjacent to an activating group) is 1. The molecule has 0 aliphatic carbocycles. The van der Waals surface area contributed by atoms with Gasteiger partial charge in [-0.25, -0.2) is 17.2 Å². The fraction of sp³-hybridized carbons (Fsp3) is 0.500. The summed E-state index contributed by atoms with van der Waals surface area (Å²) in [6, 6.07) is 3.11. The van der Waals surface area contributed by atoms with Crippen LogP contribution in [0, 0.1) is 24.5 Å². The van der Waals surface area contributed by atoms with Crippen LogP contribution >= 0.6 is 0 Å². The second-order valence-electron chi connectivity index (χ2n) is 8.90. The second kappa shape index (κ2) is 10.5. The van der Waals surface area contributed by atoms with Crippen LogP contribution in [-0.4, -0.2) is 79.4 Å². The van der Waals surface area contributed by atoms with Crippen LogP contribution in [0.15, 0.2) is 27.6 Å². The number of aromatic nitrogens is 1. The van der Waals surface area contributed by atoms with Crippen molar-refractivity contribution in [3.8, 4) is 0 Å². The van der Waals surface area contributed by atoms with Crippen LogP contribution in [0.25, 0.3) is 12.2 Å². The number of piperazine rings is 1. The number of sulfonamides is 1. The molecule has 0 bridgehead atoms. The molecule has 1 aromatic heterocycles. The number of benzene rings is 1. The summed E-state index contributed by atoms with van der Waals surface area (Å²) in [5.41, 5.74) is 0.277. The van der Waals surface area contributed by atoms with Gasteiger partial charge in [-0.2, -0.15) is 4.31 Å². The average molecular weight is 509 g/mol. The van der Waals surface area contributed by atoms with Gasteiger partial charge in [0.2, 0.25) is 15.9 Å².